The van der Waals surface area contributed by atoms with Crippen LogP contribution in [0.15, 0.2) is 188 Å². The van der Waals surface area contributed by atoms with Gasteiger partial charge in [0.15, 0.2) is 7.14 Å². The highest BCUT2D eigenvalue weighted by Crippen LogP contribution is 2.43. The number of benzene rings is 7. The molecule has 0 atom stereocenters. The fourth-order valence-electron chi connectivity index (χ4n) is 7.15. The zero-order valence-corrected chi connectivity index (χ0v) is 27.5. The van der Waals surface area contributed by atoms with Gasteiger partial charge in [0.05, 0.1) is 22.2 Å². The van der Waals surface area contributed by atoms with E-state index < -0.39 is 7.14 Å². The van der Waals surface area contributed by atoms with Crippen molar-refractivity contribution >= 4 is 55.8 Å². The Labute approximate surface area is 285 Å². The molecule has 0 aliphatic heterocycles. The summed E-state index contributed by atoms with van der Waals surface area (Å²) in [5, 5.41) is 6.05. The minimum Gasteiger partial charge on any atom is -0.309 e. The Morgan fingerprint density at radius 3 is 1.55 bits per heavy atom. The minimum atomic E-state index is -3.03. The van der Waals surface area contributed by atoms with Crippen molar-refractivity contribution < 1.29 is 4.57 Å². The van der Waals surface area contributed by atoms with Gasteiger partial charge in [0.1, 0.15) is 0 Å². The normalized spacial score (nSPS) is 11.8. The molecule has 0 bridgehead atoms. The average molecular weight is 647 g/mol. The van der Waals surface area contributed by atoms with Gasteiger partial charge in [-0.1, -0.05) is 164 Å². The van der Waals surface area contributed by atoms with Crippen LogP contribution in [-0.2, 0) is 4.57 Å². The molecule has 0 N–H and O–H groups in total. The summed E-state index contributed by atoms with van der Waals surface area (Å²) in [5.74, 6) is 0. The molecule has 0 amide bonds. The van der Waals surface area contributed by atoms with Crippen LogP contribution in [-0.4, -0.2) is 9.55 Å². The van der Waals surface area contributed by atoms with Gasteiger partial charge < -0.3 is 9.13 Å². The third-order valence-electron chi connectivity index (χ3n) is 9.48. The number of pyridine rings is 1. The summed E-state index contributed by atoms with van der Waals surface area (Å²) < 4.78 is 17.2. The Kier molecular flexibility index (Phi) is 7.08. The van der Waals surface area contributed by atoms with Gasteiger partial charge >= 0.3 is 0 Å². The second kappa shape index (κ2) is 11.9. The van der Waals surface area contributed by atoms with Gasteiger partial charge in [-0.25, -0.2) is 4.98 Å². The fraction of sp³-hybridized carbons (Fsp3) is 0. The van der Waals surface area contributed by atoms with Gasteiger partial charge in [0, 0.05) is 43.3 Å². The zero-order valence-electron chi connectivity index (χ0n) is 26.6. The lowest BCUT2D eigenvalue weighted by Gasteiger charge is -2.20. The van der Waals surface area contributed by atoms with Crippen molar-refractivity contribution in [1.29, 1.82) is 0 Å². The molecule has 0 spiro atoms. The standard InChI is InChI=1S/C45H31N2OP/c48-49(36-16-6-2-7-17-36,37-18-8-3-9-19-37)38-30-26-33(27-31-38)32-24-28-35(29-25-32)47-42-23-13-11-21-40(42)43-39-20-10-12-22-41(39)46-44(45(43)47)34-14-4-1-5-15-34/h1-31H. The molecule has 9 aromatic rings. The van der Waals surface area contributed by atoms with Crippen molar-refractivity contribution in [3.8, 4) is 28.1 Å². The molecule has 7 aromatic carbocycles. The summed E-state index contributed by atoms with van der Waals surface area (Å²) in [4.78, 5) is 5.25. The maximum atomic E-state index is 14.9. The average Bonchev–Trinajstić information content (AvgIpc) is 3.54. The van der Waals surface area contributed by atoms with E-state index in [0.29, 0.717) is 0 Å². The van der Waals surface area contributed by atoms with E-state index >= 15 is 0 Å². The molecule has 0 aliphatic rings. The number of rotatable bonds is 6. The quantitative estimate of drug-likeness (QED) is 0.169. The Morgan fingerprint density at radius 1 is 0.429 bits per heavy atom. The monoisotopic (exact) mass is 646 g/mol. The Hall–Kier alpha value is -6.02. The molecule has 9 rings (SSSR count). The summed E-state index contributed by atoms with van der Waals surface area (Å²) in [6.45, 7) is 0. The predicted molar refractivity (Wildman–Crippen MR) is 206 cm³/mol. The molecular weight excluding hydrogens is 615 g/mol. The second-order valence-corrected chi connectivity index (χ2v) is 15.1. The van der Waals surface area contributed by atoms with Crippen LogP contribution in [0.1, 0.15) is 0 Å². The topological polar surface area (TPSA) is 34.9 Å². The van der Waals surface area contributed by atoms with Crippen molar-refractivity contribution in [3.63, 3.8) is 0 Å². The van der Waals surface area contributed by atoms with Gasteiger partial charge in [-0.2, -0.15) is 0 Å². The lowest BCUT2D eigenvalue weighted by atomic mass is 10.0. The van der Waals surface area contributed by atoms with E-state index in [0.717, 1.165) is 65.9 Å². The van der Waals surface area contributed by atoms with Crippen LogP contribution >= 0.6 is 7.14 Å². The largest absolute Gasteiger partial charge is 0.309 e. The van der Waals surface area contributed by atoms with Gasteiger partial charge in [0.2, 0.25) is 0 Å². The van der Waals surface area contributed by atoms with Crippen molar-refractivity contribution in [2.45, 2.75) is 0 Å². The number of hydrogen-bond donors (Lipinski definition) is 0. The summed E-state index contributed by atoms with van der Waals surface area (Å²) in [5.41, 5.74) is 8.51. The Balaban J connectivity index is 1.17. The molecule has 0 saturated heterocycles. The highest BCUT2D eigenvalue weighted by atomic mass is 31.2. The summed E-state index contributed by atoms with van der Waals surface area (Å²) in [7, 11) is -3.03. The molecular formula is C45H31N2OP. The first-order chi connectivity index (χ1) is 24.2. The summed E-state index contributed by atoms with van der Waals surface area (Å²) in [6.07, 6.45) is 0. The first-order valence-corrected chi connectivity index (χ1v) is 18.2. The summed E-state index contributed by atoms with van der Waals surface area (Å²) in [6, 6.07) is 64.1. The first-order valence-electron chi connectivity index (χ1n) is 16.5. The van der Waals surface area contributed by atoms with Crippen LogP contribution in [0.3, 0.4) is 0 Å². The van der Waals surface area contributed by atoms with Crippen molar-refractivity contribution in [3.05, 3.63) is 188 Å². The van der Waals surface area contributed by atoms with Crippen LogP contribution in [0.5, 0.6) is 0 Å². The molecule has 2 heterocycles. The van der Waals surface area contributed by atoms with E-state index in [1.165, 1.54) is 10.8 Å². The van der Waals surface area contributed by atoms with E-state index in [2.05, 4.69) is 114 Å². The SMILES string of the molecule is O=P(c1ccccc1)(c1ccccc1)c1ccc(-c2ccc(-n3c4ccccc4c4c5ccccc5nc(-c5ccccc5)c43)cc2)cc1. The second-order valence-electron chi connectivity index (χ2n) is 12.3. The maximum Gasteiger partial charge on any atom is 0.171 e. The molecule has 0 saturated carbocycles. The Morgan fingerprint density at radius 2 is 0.918 bits per heavy atom. The van der Waals surface area contributed by atoms with Gasteiger partial charge in [0.25, 0.3) is 0 Å². The molecule has 0 unspecified atom stereocenters. The number of aromatic nitrogens is 2. The number of nitrogens with zero attached hydrogens (tertiary/aromatic N) is 2. The van der Waals surface area contributed by atoms with Crippen molar-refractivity contribution in [2.24, 2.45) is 0 Å². The van der Waals surface area contributed by atoms with E-state index in [1.807, 2.05) is 78.9 Å². The zero-order chi connectivity index (χ0) is 32.8. The molecule has 0 radical (unpaired) electrons. The van der Waals surface area contributed by atoms with Crippen LogP contribution < -0.4 is 15.9 Å². The van der Waals surface area contributed by atoms with E-state index in [1.54, 1.807) is 0 Å². The number of para-hydroxylation sites is 2. The van der Waals surface area contributed by atoms with Crippen LogP contribution in [0.25, 0.3) is 60.8 Å². The smallest absolute Gasteiger partial charge is 0.171 e. The lowest BCUT2D eigenvalue weighted by Crippen LogP contribution is -2.24. The molecule has 49 heavy (non-hydrogen) atoms. The summed E-state index contributed by atoms with van der Waals surface area (Å²) >= 11 is 0. The van der Waals surface area contributed by atoms with E-state index in [9.17, 15) is 4.57 Å². The molecule has 232 valence electrons. The van der Waals surface area contributed by atoms with E-state index in [4.69, 9.17) is 4.98 Å². The predicted octanol–water partition coefficient (Wildman–Crippen LogP) is 10.3. The van der Waals surface area contributed by atoms with Gasteiger partial charge in [-0.05, 0) is 35.4 Å². The van der Waals surface area contributed by atoms with Crippen molar-refractivity contribution in [2.75, 3.05) is 0 Å². The van der Waals surface area contributed by atoms with Crippen molar-refractivity contribution in [1.82, 2.24) is 9.55 Å². The highest BCUT2D eigenvalue weighted by molar-refractivity contribution is 7.85. The van der Waals surface area contributed by atoms with Gasteiger partial charge in [-0.15, -0.1) is 0 Å². The minimum absolute atomic E-state index is 0.823. The van der Waals surface area contributed by atoms with Crippen LogP contribution in [0, 0.1) is 0 Å². The van der Waals surface area contributed by atoms with Crippen LogP contribution in [0.2, 0.25) is 0 Å². The van der Waals surface area contributed by atoms with E-state index in [-0.39, 0.29) is 0 Å². The molecule has 3 nitrogen and oxygen atoms in total. The Bertz CT molecular complexity index is 2600. The maximum absolute atomic E-state index is 14.9. The fourth-order valence-corrected chi connectivity index (χ4v) is 9.80. The van der Waals surface area contributed by atoms with Crippen LogP contribution in [0.4, 0.5) is 0 Å². The molecule has 4 heteroatoms. The highest BCUT2D eigenvalue weighted by Gasteiger charge is 2.29. The third kappa shape index (κ3) is 4.82. The van der Waals surface area contributed by atoms with Gasteiger partial charge in [-0.3, -0.25) is 0 Å². The number of fused-ring (bicyclic) bond motifs is 5. The lowest BCUT2D eigenvalue weighted by molar-refractivity contribution is 0.592. The molecule has 2 aromatic heterocycles. The number of hydrogen-bond acceptors (Lipinski definition) is 2. The third-order valence-corrected chi connectivity index (χ3v) is 12.6. The molecule has 0 fully saturated rings. The molecule has 0 aliphatic carbocycles. The first kappa shape index (κ1) is 29.1.